The van der Waals surface area contributed by atoms with Crippen molar-refractivity contribution in [1.82, 2.24) is 4.90 Å². The van der Waals surface area contributed by atoms with Crippen LogP contribution < -0.4 is 0 Å². The molecule has 5 nitrogen and oxygen atoms in total. The Kier molecular flexibility index (Phi) is 5.47. The molecule has 3 unspecified atom stereocenters. The van der Waals surface area contributed by atoms with Crippen LogP contribution in [-0.2, 0) is 14.3 Å². The van der Waals surface area contributed by atoms with Gasteiger partial charge in [0.25, 0.3) is 0 Å². The Morgan fingerprint density at radius 1 is 1.09 bits per heavy atom. The number of aliphatic hydroxyl groups is 1. The van der Waals surface area contributed by atoms with Crippen LogP contribution >= 0.6 is 0 Å². The van der Waals surface area contributed by atoms with E-state index in [1.165, 1.54) is 0 Å². The van der Waals surface area contributed by atoms with Gasteiger partial charge in [0.1, 0.15) is 11.6 Å². The van der Waals surface area contributed by atoms with E-state index in [1.54, 1.807) is 6.92 Å². The molecule has 5 heteroatoms. The van der Waals surface area contributed by atoms with Crippen LogP contribution in [0.1, 0.15) is 79.6 Å². The first-order chi connectivity index (χ1) is 15.0. The van der Waals surface area contributed by atoms with Crippen molar-refractivity contribution in [1.29, 1.82) is 0 Å². The van der Waals surface area contributed by atoms with E-state index < -0.39 is 0 Å². The van der Waals surface area contributed by atoms with Gasteiger partial charge in [-0.15, -0.1) is 0 Å². The van der Waals surface area contributed by atoms with Gasteiger partial charge in [0, 0.05) is 37.4 Å². The fraction of sp³-hybridized carbons (Fsp3) is 0.926. The Bertz CT molecular complexity index is 795. The van der Waals surface area contributed by atoms with Gasteiger partial charge in [-0.05, 0) is 87.9 Å². The Morgan fingerprint density at radius 3 is 2.53 bits per heavy atom. The standard InChI is InChI=1S/C27H43NO4/c1-16(29)19-8-9-20-18-7-6-17-12-22(30)21(28-10-11-32-25(2,3)15-28)13-26(17,4)24(18)23(31)14-27(19,20)5/h17-22,24,30H,6-15H2,1-5H3/t17?,18-,19+,20-,21?,22?,24+,26-,27+/m0/s1. The lowest BCUT2D eigenvalue weighted by Crippen LogP contribution is -2.64. The molecule has 4 saturated carbocycles. The first-order valence-corrected chi connectivity index (χ1v) is 13.1. The van der Waals surface area contributed by atoms with Crippen molar-refractivity contribution >= 4 is 11.6 Å². The number of carbonyl (C=O) groups is 2. The third-order valence-corrected chi connectivity index (χ3v) is 10.8. The van der Waals surface area contributed by atoms with Crippen molar-refractivity contribution in [2.24, 2.45) is 40.4 Å². The molecular weight excluding hydrogens is 402 g/mol. The smallest absolute Gasteiger partial charge is 0.137 e. The van der Waals surface area contributed by atoms with Gasteiger partial charge in [0.15, 0.2) is 0 Å². The van der Waals surface area contributed by atoms with E-state index >= 15 is 0 Å². The molecule has 0 spiro atoms. The van der Waals surface area contributed by atoms with Gasteiger partial charge in [0.05, 0.1) is 18.3 Å². The number of hydrogen-bond donors (Lipinski definition) is 1. The van der Waals surface area contributed by atoms with Gasteiger partial charge in [-0.1, -0.05) is 13.8 Å². The molecule has 1 saturated heterocycles. The lowest BCUT2D eigenvalue weighted by molar-refractivity contribution is -0.177. The molecule has 5 fully saturated rings. The molecule has 1 N–H and O–H groups in total. The molecule has 5 rings (SSSR count). The second-order valence-electron chi connectivity index (χ2n) is 13.1. The molecule has 5 aliphatic rings. The molecule has 0 aromatic heterocycles. The number of ether oxygens (including phenoxy) is 1. The van der Waals surface area contributed by atoms with Crippen molar-refractivity contribution in [2.45, 2.75) is 97.3 Å². The zero-order valence-electron chi connectivity index (χ0n) is 20.7. The molecule has 4 aliphatic carbocycles. The molecule has 0 aromatic carbocycles. The number of aliphatic hydroxyl groups excluding tert-OH is 1. The number of Topliss-reactive ketones (excluding diaryl/α,β-unsaturated/α-hetero) is 2. The highest BCUT2D eigenvalue weighted by Gasteiger charge is 2.64. The van der Waals surface area contributed by atoms with E-state index in [9.17, 15) is 14.7 Å². The van der Waals surface area contributed by atoms with Gasteiger partial charge in [-0.2, -0.15) is 0 Å². The van der Waals surface area contributed by atoms with E-state index in [4.69, 9.17) is 4.74 Å². The highest BCUT2D eigenvalue weighted by molar-refractivity contribution is 5.87. The topological polar surface area (TPSA) is 66.8 Å². The molecule has 1 heterocycles. The van der Waals surface area contributed by atoms with E-state index in [-0.39, 0.29) is 46.2 Å². The SMILES string of the molecule is CC(=O)[C@H]1CC[C@H]2[C@@H]3CCC4CC(O)C(N5CCOC(C)(C)C5)C[C@]4(C)[C@H]3C(=O)C[C@]12C. The second kappa shape index (κ2) is 7.61. The highest BCUT2D eigenvalue weighted by Crippen LogP contribution is 2.66. The molecule has 9 atom stereocenters. The lowest BCUT2D eigenvalue weighted by atomic mass is 9.43. The quantitative estimate of drug-likeness (QED) is 0.699. The van der Waals surface area contributed by atoms with Crippen LogP contribution in [0.25, 0.3) is 0 Å². The van der Waals surface area contributed by atoms with Crippen LogP contribution in [-0.4, -0.2) is 59.0 Å². The summed E-state index contributed by atoms with van der Waals surface area (Å²) in [5, 5.41) is 11.2. The average Bonchev–Trinajstić information content (AvgIpc) is 3.03. The summed E-state index contributed by atoms with van der Waals surface area (Å²) in [6.07, 6.45) is 6.22. The summed E-state index contributed by atoms with van der Waals surface area (Å²) in [6.45, 7) is 13.0. The average molecular weight is 446 g/mol. The van der Waals surface area contributed by atoms with Gasteiger partial charge in [-0.25, -0.2) is 0 Å². The second-order valence-corrected chi connectivity index (χ2v) is 13.1. The maximum Gasteiger partial charge on any atom is 0.137 e. The summed E-state index contributed by atoms with van der Waals surface area (Å²) in [4.78, 5) is 28.7. The Labute approximate surface area is 193 Å². The summed E-state index contributed by atoms with van der Waals surface area (Å²) >= 11 is 0. The van der Waals surface area contributed by atoms with Crippen LogP contribution in [0.15, 0.2) is 0 Å². The number of rotatable bonds is 2. The van der Waals surface area contributed by atoms with Gasteiger partial charge >= 0.3 is 0 Å². The summed E-state index contributed by atoms with van der Waals surface area (Å²) in [6, 6.07) is 0.104. The van der Waals surface area contributed by atoms with Crippen molar-refractivity contribution in [3.05, 3.63) is 0 Å². The maximum absolute atomic E-state index is 13.9. The van der Waals surface area contributed by atoms with Crippen LogP contribution in [0.3, 0.4) is 0 Å². The maximum atomic E-state index is 13.9. The molecule has 180 valence electrons. The highest BCUT2D eigenvalue weighted by atomic mass is 16.5. The zero-order chi connectivity index (χ0) is 23.1. The molecule has 0 radical (unpaired) electrons. The minimum Gasteiger partial charge on any atom is -0.391 e. The Morgan fingerprint density at radius 2 is 1.84 bits per heavy atom. The minimum absolute atomic E-state index is 0.0536. The summed E-state index contributed by atoms with van der Waals surface area (Å²) in [7, 11) is 0. The lowest BCUT2D eigenvalue weighted by Gasteiger charge is -2.62. The molecule has 1 aliphatic heterocycles. The zero-order valence-corrected chi connectivity index (χ0v) is 20.7. The minimum atomic E-state index is -0.323. The normalized spacial score (nSPS) is 50.9. The molecular formula is C27H43NO4. The summed E-state index contributed by atoms with van der Waals surface area (Å²) < 4.78 is 5.94. The third-order valence-electron chi connectivity index (χ3n) is 10.8. The van der Waals surface area contributed by atoms with Crippen molar-refractivity contribution in [3.8, 4) is 0 Å². The van der Waals surface area contributed by atoms with Crippen LogP contribution in [0.2, 0.25) is 0 Å². The van der Waals surface area contributed by atoms with Gasteiger partial charge in [-0.3, -0.25) is 14.5 Å². The van der Waals surface area contributed by atoms with E-state index in [0.29, 0.717) is 36.6 Å². The fourth-order valence-electron chi connectivity index (χ4n) is 9.47. The fourth-order valence-corrected chi connectivity index (χ4v) is 9.47. The van der Waals surface area contributed by atoms with E-state index in [2.05, 4.69) is 32.6 Å². The number of carbonyl (C=O) groups excluding carboxylic acids is 2. The first kappa shape index (κ1) is 23.0. The Hall–Kier alpha value is -0.780. The number of hydrogen-bond acceptors (Lipinski definition) is 5. The largest absolute Gasteiger partial charge is 0.391 e. The van der Waals surface area contributed by atoms with Gasteiger partial charge < -0.3 is 9.84 Å². The number of nitrogens with zero attached hydrogens (tertiary/aromatic N) is 1. The number of ketones is 2. The third kappa shape index (κ3) is 3.36. The van der Waals surface area contributed by atoms with Gasteiger partial charge in [0.2, 0.25) is 0 Å². The van der Waals surface area contributed by atoms with Crippen molar-refractivity contribution in [2.75, 3.05) is 19.7 Å². The van der Waals surface area contributed by atoms with Crippen molar-refractivity contribution < 1.29 is 19.4 Å². The summed E-state index contributed by atoms with van der Waals surface area (Å²) in [5.41, 5.74) is -0.393. The molecule has 32 heavy (non-hydrogen) atoms. The molecule has 0 aromatic rings. The van der Waals surface area contributed by atoms with E-state index in [1.807, 2.05) is 0 Å². The number of morpholine rings is 1. The van der Waals surface area contributed by atoms with Crippen LogP contribution in [0.5, 0.6) is 0 Å². The Balaban J connectivity index is 1.44. The van der Waals surface area contributed by atoms with Crippen LogP contribution in [0.4, 0.5) is 0 Å². The van der Waals surface area contributed by atoms with Crippen LogP contribution in [0, 0.1) is 40.4 Å². The number of fused-ring (bicyclic) bond motifs is 5. The monoisotopic (exact) mass is 445 g/mol. The first-order valence-electron chi connectivity index (χ1n) is 13.1. The predicted octanol–water partition coefficient (Wildman–Crippen LogP) is 3.86. The summed E-state index contributed by atoms with van der Waals surface area (Å²) in [5.74, 6) is 2.15. The van der Waals surface area contributed by atoms with E-state index in [0.717, 1.165) is 51.6 Å². The predicted molar refractivity (Wildman–Crippen MR) is 123 cm³/mol. The molecule has 0 bridgehead atoms. The van der Waals surface area contributed by atoms with Crippen molar-refractivity contribution in [3.63, 3.8) is 0 Å². The molecule has 0 amide bonds.